The van der Waals surface area contributed by atoms with Crippen molar-refractivity contribution in [3.05, 3.63) is 40.2 Å². The Morgan fingerprint density at radius 1 is 1.28 bits per heavy atom. The number of rotatable bonds is 7. The summed E-state index contributed by atoms with van der Waals surface area (Å²) in [5.74, 6) is -1.29. The Hall–Kier alpha value is -2.61. The number of carbonyl (C=O) groups excluding carboxylic acids is 3. The molecule has 0 aliphatic carbocycles. The molecule has 2 rings (SSSR count). The molecule has 2 heterocycles. The molecule has 7 nitrogen and oxygen atoms in total. The van der Waals surface area contributed by atoms with E-state index >= 15 is 0 Å². The molecule has 134 valence electrons. The summed E-state index contributed by atoms with van der Waals surface area (Å²) in [6.07, 6.45) is 3.20. The second-order valence-corrected chi connectivity index (χ2v) is 6.31. The number of anilines is 1. The first-order valence-corrected chi connectivity index (χ1v) is 8.66. The van der Waals surface area contributed by atoms with Crippen LogP contribution in [0.5, 0.6) is 0 Å². The minimum absolute atomic E-state index is 0.107. The molecule has 0 atom stereocenters. The number of hydrogen-bond acceptors (Lipinski definition) is 6. The molecule has 0 aliphatic rings. The van der Waals surface area contributed by atoms with Crippen LogP contribution in [0.3, 0.4) is 0 Å². The molecule has 0 aromatic carbocycles. The van der Waals surface area contributed by atoms with E-state index in [2.05, 4.69) is 10.6 Å². The van der Waals surface area contributed by atoms with Gasteiger partial charge in [-0.05, 0) is 31.0 Å². The minimum Gasteiger partial charge on any atom is -0.465 e. The maximum Gasteiger partial charge on any atom is 0.341 e. The zero-order valence-corrected chi connectivity index (χ0v) is 15.1. The van der Waals surface area contributed by atoms with Gasteiger partial charge in [-0.15, -0.1) is 11.3 Å². The van der Waals surface area contributed by atoms with Crippen molar-refractivity contribution in [2.45, 2.75) is 26.7 Å². The lowest BCUT2D eigenvalue weighted by Gasteiger charge is -2.04. The number of carbonyl (C=O) groups is 3. The molecule has 0 aliphatic heterocycles. The van der Waals surface area contributed by atoms with Crippen LogP contribution in [-0.4, -0.2) is 31.4 Å². The smallest absolute Gasteiger partial charge is 0.341 e. The highest BCUT2D eigenvalue weighted by atomic mass is 32.1. The first-order valence-electron chi connectivity index (χ1n) is 7.84. The molecule has 0 unspecified atom stereocenters. The summed E-state index contributed by atoms with van der Waals surface area (Å²) in [6, 6.07) is 3.09. The summed E-state index contributed by atoms with van der Waals surface area (Å²) in [5, 5.41) is 5.68. The second-order valence-electron chi connectivity index (χ2n) is 5.29. The van der Waals surface area contributed by atoms with Gasteiger partial charge in [-0.25, -0.2) is 4.79 Å². The van der Waals surface area contributed by atoms with Gasteiger partial charge in [0.2, 0.25) is 0 Å². The van der Waals surface area contributed by atoms with Crippen LogP contribution < -0.4 is 10.6 Å². The molecule has 0 bridgehead atoms. The van der Waals surface area contributed by atoms with E-state index in [4.69, 9.17) is 9.15 Å². The van der Waals surface area contributed by atoms with Crippen LogP contribution in [0.4, 0.5) is 5.00 Å². The van der Waals surface area contributed by atoms with Gasteiger partial charge in [0, 0.05) is 6.54 Å². The van der Waals surface area contributed by atoms with E-state index in [1.54, 1.807) is 13.0 Å². The lowest BCUT2D eigenvalue weighted by molar-refractivity contribution is 0.0601. The Bertz CT molecular complexity index is 764. The van der Waals surface area contributed by atoms with Crippen molar-refractivity contribution in [2.24, 2.45) is 0 Å². The number of methoxy groups -OCH3 is 1. The molecule has 0 spiro atoms. The number of ether oxygens (including phenoxy) is 1. The Morgan fingerprint density at radius 2 is 2.04 bits per heavy atom. The van der Waals surface area contributed by atoms with E-state index in [0.717, 1.165) is 24.2 Å². The SMILES string of the molecule is CCCCNC(=O)c1sc(NC(=O)c2ccco2)c(C(=O)OC)c1C. The van der Waals surface area contributed by atoms with Gasteiger partial charge in [-0.3, -0.25) is 9.59 Å². The van der Waals surface area contributed by atoms with Crippen molar-refractivity contribution in [1.82, 2.24) is 5.32 Å². The third kappa shape index (κ3) is 4.27. The molecule has 2 N–H and O–H groups in total. The van der Waals surface area contributed by atoms with E-state index in [9.17, 15) is 14.4 Å². The predicted molar refractivity (Wildman–Crippen MR) is 94.3 cm³/mol. The number of esters is 1. The van der Waals surface area contributed by atoms with Crippen molar-refractivity contribution < 1.29 is 23.5 Å². The number of amides is 2. The number of unbranched alkanes of at least 4 members (excludes halogenated alkanes) is 1. The maximum absolute atomic E-state index is 12.3. The van der Waals surface area contributed by atoms with E-state index in [1.807, 2.05) is 6.92 Å². The van der Waals surface area contributed by atoms with Crippen molar-refractivity contribution in [3.8, 4) is 0 Å². The average Bonchev–Trinajstić information content (AvgIpc) is 3.23. The quantitative estimate of drug-likeness (QED) is 0.581. The average molecular weight is 364 g/mol. The Balaban J connectivity index is 2.31. The molecule has 0 saturated heterocycles. The van der Waals surface area contributed by atoms with Gasteiger partial charge in [0.05, 0.1) is 23.8 Å². The first-order chi connectivity index (χ1) is 12.0. The molecule has 0 fully saturated rings. The van der Waals surface area contributed by atoms with E-state index in [-0.39, 0.29) is 22.2 Å². The molecule has 0 radical (unpaired) electrons. The fraction of sp³-hybridized carbons (Fsp3) is 0.353. The minimum atomic E-state index is -0.615. The van der Waals surface area contributed by atoms with Crippen molar-refractivity contribution in [2.75, 3.05) is 19.0 Å². The van der Waals surface area contributed by atoms with Crippen LogP contribution in [0.1, 0.15) is 55.9 Å². The molecule has 2 amide bonds. The summed E-state index contributed by atoms with van der Waals surface area (Å²) in [7, 11) is 1.25. The standard InChI is InChI=1S/C17H20N2O5S/c1-4-5-8-18-15(21)13-10(2)12(17(22)23-3)16(25-13)19-14(20)11-7-6-9-24-11/h6-7,9H,4-5,8H2,1-3H3,(H,18,21)(H,19,20). The zero-order valence-electron chi connectivity index (χ0n) is 14.3. The molecular formula is C17H20N2O5S. The third-order valence-electron chi connectivity index (χ3n) is 3.53. The van der Waals surface area contributed by atoms with Crippen LogP contribution in [0, 0.1) is 6.92 Å². The van der Waals surface area contributed by atoms with E-state index in [0.29, 0.717) is 17.0 Å². The molecular weight excluding hydrogens is 344 g/mol. The van der Waals surface area contributed by atoms with Crippen LogP contribution in [0.15, 0.2) is 22.8 Å². The van der Waals surface area contributed by atoms with Gasteiger partial charge in [0.15, 0.2) is 5.76 Å². The lowest BCUT2D eigenvalue weighted by Crippen LogP contribution is -2.24. The number of furan rings is 1. The Morgan fingerprint density at radius 3 is 2.64 bits per heavy atom. The van der Waals surface area contributed by atoms with Crippen LogP contribution in [0.25, 0.3) is 0 Å². The highest BCUT2D eigenvalue weighted by molar-refractivity contribution is 7.18. The van der Waals surface area contributed by atoms with Gasteiger partial charge in [-0.2, -0.15) is 0 Å². The fourth-order valence-electron chi connectivity index (χ4n) is 2.20. The Kier molecular flexibility index (Phi) is 6.35. The van der Waals surface area contributed by atoms with Gasteiger partial charge in [0.25, 0.3) is 11.8 Å². The van der Waals surface area contributed by atoms with Crippen molar-refractivity contribution in [1.29, 1.82) is 0 Å². The summed E-state index contributed by atoms with van der Waals surface area (Å²) < 4.78 is 9.82. The molecule has 25 heavy (non-hydrogen) atoms. The molecule has 8 heteroatoms. The van der Waals surface area contributed by atoms with Gasteiger partial charge < -0.3 is 19.8 Å². The fourth-order valence-corrected chi connectivity index (χ4v) is 3.30. The van der Waals surface area contributed by atoms with Gasteiger partial charge in [0.1, 0.15) is 5.00 Å². The number of thiophene rings is 1. The van der Waals surface area contributed by atoms with Crippen LogP contribution in [-0.2, 0) is 4.74 Å². The largest absolute Gasteiger partial charge is 0.465 e. The Labute approximate surface area is 149 Å². The molecule has 2 aromatic rings. The highest BCUT2D eigenvalue weighted by Crippen LogP contribution is 2.34. The van der Waals surface area contributed by atoms with Crippen LogP contribution in [0.2, 0.25) is 0 Å². The van der Waals surface area contributed by atoms with Crippen molar-refractivity contribution >= 4 is 34.1 Å². The maximum atomic E-state index is 12.3. The zero-order chi connectivity index (χ0) is 18.4. The first kappa shape index (κ1) is 18.7. The summed E-state index contributed by atoms with van der Waals surface area (Å²) in [6.45, 7) is 4.23. The van der Waals surface area contributed by atoms with Gasteiger partial charge in [-0.1, -0.05) is 13.3 Å². The third-order valence-corrected chi connectivity index (χ3v) is 4.74. The van der Waals surface area contributed by atoms with E-state index in [1.165, 1.54) is 19.4 Å². The molecule has 0 saturated carbocycles. The number of hydrogen-bond donors (Lipinski definition) is 2. The van der Waals surface area contributed by atoms with Crippen LogP contribution >= 0.6 is 11.3 Å². The summed E-state index contributed by atoms with van der Waals surface area (Å²) in [4.78, 5) is 37.0. The predicted octanol–water partition coefficient (Wildman–Crippen LogP) is 3.22. The summed E-state index contributed by atoms with van der Waals surface area (Å²) >= 11 is 1.04. The monoisotopic (exact) mass is 364 g/mol. The molecule has 2 aromatic heterocycles. The number of nitrogens with one attached hydrogen (secondary N) is 2. The highest BCUT2D eigenvalue weighted by Gasteiger charge is 2.26. The van der Waals surface area contributed by atoms with E-state index < -0.39 is 11.9 Å². The lowest BCUT2D eigenvalue weighted by atomic mass is 10.1. The normalized spacial score (nSPS) is 10.4. The van der Waals surface area contributed by atoms with Crippen molar-refractivity contribution in [3.63, 3.8) is 0 Å². The topological polar surface area (TPSA) is 97.6 Å². The van der Waals surface area contributed by atoms with Gasteiger partial charge >= 0.3 is 5.97 Å². The summed E-state index contributed by atoms with van der Waals surface area (Å²) in [5.41, 5.74) is 0.647. The second kappa shape index (κ2) is 8.48.